The first-order valence-corrected chi connectivity index (χ1v) is 3.51. The Morgan fingerprint density at radius 1 is 1.91 bits per heavy atom. The highest BCUT2D eigenvalue weighted by Crippen LogP contribution is 2.08. The second kappa shape index (κ2) is 3.44. The Kier molecular flexibility index (Phi) is 2.54. The van der Waals surface area contributed by atoms with Gasteiger partial charge in [0.05, 0.1) is 12.4 Å². The van der Waals surface area contributed by atoms with E-state index in [1.54, 1.807) is 17.1 Å². The van der Waals surface area contributed by atoms with Crippen LogP contribution in [0.1, 0.15) is 0 Å². The van der Waals surface area contributed by atoms with Gasteiger partial charge >= 0.3 is 0 Å². The van der Waals surface area contributed by atoms with Gasteiger partial charge in [-0.25, -0.2) is 0 Å². The quantitative estimate of drug-likeness (QED) is 0.692. The van der Waals surface area contributed by atoms with Crippen LogP contribution in [0.4, 0.5) is 0 Å². The zero-order valence-corrected chi connectivity index (χ0v) is 7.01. The predicted molar refractivity (Wildman–Crippen MR) is 43.7 cm³/mol. The normalized spacial score (nSPS) is 9.64. The summed E-state index contributed by atoms with van der Waals surface area (Å²) in [5, 5.41) is 4.39. The summed E-state index contributed by atoms with van der Waals surface area (Å²) in [7, 11) is 1.82. The van der Waals surface area contributed by atoms with Gasteiger partial charge in [-0.3, -0.25) is 4.68 Å². The molecule has 0 aliphatic carbocycles. The van der Waals surface area contributed by atoms with Crippen molar-refractivity contribution in [3.63, 3.8) is 0 Å². The molecule has 0 spiro atoms. The van der Waals surface area contributed by atoms with Gasteiger partial charge in [0.1, 0.15) is 6.61 Å². The maximum absolute atomic E-state index is 5.49. The Labute approximate surface area is 70.2 Å². The molecule has 60 valence electrons. The summed E-state index contributed by atoms with van der Waals surface area (Å²) >= 11 is 5.49. The van der Waals surface area contributed by atoms with E-state index in [4.69, 9.17) is 16.3 Å². The molecule has 0 amide bonds. The molecule has 4 heteroatoms. The largest absolute Gasteiger partial charge is 0.485 e. The fourth-order valence-electron chi connectivity index (χ4n) is 0.635. The summed E-state index contributed by atoms with van der Waals surface area (Å²) < 4.78 is 6.83. The third kappa shape index (κ3) is 2.63. The number of ether oxygens (including phenoxy) is 1. The van der Waals surface area contributed by atoms with Crippen molar-refractivity contribution in [1.82, 2.24) is 9.78 Å². The summed E-state index contributed by atoms with van der Waals surface area (Å²) in [5.74, 6) is 0.703. The van der Waals surface area contributed by atoms with Crippen molar-refractivity contribution < 1.29 is 4.74 Å². The SMILES string of the molecule is C=C(Cl)COc1cnn(C)c1. The Balaban J connectivity index is 2.45. The van der Waals surface area contributed by atoms with Crippen molar-refractivity contribution >= 4 is 11.6 Å². The van der Waals surface area contributed by atoms with Crippen LogP contribution in [0.2, 0.25) is 0 Å². The highest BCUT2D eigenvalue weighted by molar-refractivity contribution is 6.29. The third-order valence-electron chi connectivity index (χ3n) is 1.08. The van der Waals surface area contributed by atoms with Crippen LogP contribution in [0, 0.1) is 0 Å². The summed E-state index contributed by atoms with van der Waals surface area (Å²) in [5.41, 5.74) is 0. The molecule has 1 aromatic heterocycles. The standard InChI is InChI=1S/C7H9ClN2O/c1-6(8)5-11-7-3-9-10(2)4-7/h3-4H,1,5H2,2H3. The lowest BCUT2D eigenvalue weighted by Gasteiger charge is -1.98. The molecule has 0 aliphatic rings. The van der Waals surface area contributed by atoms with Crippen molar-refractivity contribution in [1.29, 1.82) is 0 Å². The first-order chi connectivity index (χ1) is 5.18. The monoisotopic (exact) mass is 172 g/mol. The summed E-state index contributed by atoms with van der Waals surface area (Å²) in [6.45, 7) is 3.82. The maximum atomic E-state index is 5.49. The van der Waals surface area contributed by atoms with Gasteiger partial charge < -0.3 is 4.74 Å². The molecule has 0 fully saturated rings. The molecule has 0 aromatic carbocycles. The highest BCUT2D eigenvalue weighted by atomic mass is 35.5. The van der Waals surface area contributed by atoms with Crippen molar-refractivity contribution in [2.24, 2.45) is 7.05 Å². The molecular formula is C7H9ClN2O. The predicted octanol–water partition coefficient (Wildman–Crippen LogP) is 1.55. The zero-order chi connectivity index (χ0) is 8.27. The molecule has 11 heavy (non-hydrogen) atoms. The van der Waals surface area contributed by atoms with Gasteiger partial charge in [0.15, 0.2) is 5.75 Å². The topological polar surface area (TPSA) is 27.1 Å². The van der Waals surface area contributed by atoms with E-state index >= 15 is 0 Å². The van der Waals surface area contributed by atoms with Crippen LogP contribution in [0.15, 0.2) is 24.0 Å². The van der Waals surface area contributed by atoms with Gasteiger partial charge in [0.25, 0.3) is 0 Å². The number of halogens is 1. The van der Waals surface area contributed by atoms with Gasteiger partial charge in [0.2, 0.25) is 0 Å². The van der Waals surface area contributed by atoms with Crippen molar-refractivity contribution in [2.75, 3.05) is 6.61 Å². The van der Waals surface area contributed by atoms with Gasteiger partial charge in [-0.1, -0.05) is 18.2 Å². The van der Waals surface area contributed by atoms with Gasteiger partial charge in [-0.2, -0.15) is 5.10 Å². The van der Waals surface area contributed by atoms with Crippen LogP contribution >= 0.6 is 11.6 Å². The summed E-state index contributed by atoms with van der Waals surface area (Å²) in [6.07, 6.45) is 3.39. The van der Waals surface area contributed by atoms with Crippen molar-refractivity contribution in [2.45, 2.75) is 0 Å². The fraction of sp³-hybridized carbons (Fsp3) is 0.286. The summed E-state index contributed by atoms with van der Waals surface area (Å²) in [6, 6.07) is 0. The molecule has 0 radical (unpaired) electrons. The van der Waals surface area contributed by atoms with Crippen LogP contribution in [0.25, 0.3) is 0 Å². The highest BCUT2D eigenvalue weighted by Gasteiger charge is 1.95. The zero-order valence-electron chi connectivity index (χ0n) is 6.25. The van der Waals surface area contributed by atoms with Crippen molar-refractivity contribution in [3.05, 3.63) is 24.0 Å². The van der Waals surface area contributed by atoms with E-state index in [0.717, 1.165) is 0 Å². The van der Waals surface area contributed by atoms with E-state index < -0.39 is 0 Å². The smallest absolute Gasteiger partial charge is 0.157 e. The molecule has 1 heterocycles. The minimum atomic E-state index is 0.327. The minimum absolute atomic E-state index is 0.327. The molecule has 0 unspecified atom stereocenters. The van der Waals surface area contributed by atoms with Crippen molar-refractivity contribution in [3.8, 4) is 5.75 Å². The lowest BCUT2D eigenvalue weighted by Crippen LogP contribution is -1.94. The van der Waals surface area contributed by atoms with Crippen LogP contribution in [-0.4, -0.2) is 16.4 Å². The second-order valence-corrected chi connectivity index (χ2v) is 2.69. The molecule has 0 N–H and O–H groups in total. The Morgan fingerprint density at radius 2 is 2.64 bits per heavy atom. The molecule has 0 aliphatic heterocycles. The number of aryl methyl sites for hydroxylation is 1. The van der Waals surface area contributed by atoms with E-state index in [0.29, 0.717) is 17.4 Å². The molecule has 0 saturated carbocycles. The van der Waals surface area contributed by atoms with E-state index in [2.05, 4.69) is 11.7 Å². The Hall–Kier alpha value is -0.960. The maximum Gasteiger partial charge on any atom is 0.157 e. The Bertz CT molecular complexity index is 257. The third-order valence-corrected chi connectivity index (χ3v) is 1.19. The van der Waals surface area contributed by atoms with Crippen LogP contribution < -0.4 is 4.74 Å². The van der Waals surface area contributed by atoms with Gasteiger partial charge in [-0.15, -0.1) is 0 Å². The van der Waals surface area contributed by atoms with E-state index in [1.165, 1.54) is 0 Å². The number of rotatable bonds is 3. The summed E-state index contributed by atoms with van der Waals surface area (Å²) in [4.78, 5) is 0. The average Bonchev–Trinajstić information content (AvgIpc) is 2.31. The van der Waals surface area contributed by atoms with E-state index in [-0.39, 0.29) is 0 Å². The number of aromatic nitrogens is 2. The first kappa shape index (κ1) is 8.14. The van der Waals surface area contributed by atoms with Crippen LogP contribution in [0.3, 0.4) is 0 Å². The molecular weight excluding hydrogens is 164 g/mol. The molecule has 0 bridgehead atoms. The second-order valence-electron chi connectivity index (χ2n) is 2.16. The molecule has 0 atom stereocenters. The Morgan fingerprint density at radius 3 is 3.09 bits per heavy atom. The average molecular weight is 173 g/mol. The number of hydrogen-bond donors (Lipinski definition) is 0. The minimum Gasteiger partial charge on any atom is -0.485 e. The molecule has 3 nitrogen and oxygen atoms in total. The van der Waals surface area contributed by atoms with Crippen LogP contribution in [-0.2, 0) is 7.05 Å². The van der Waals surface area contributed by atoms with Gasteiger partial charge in [0, 0.05) is 12.1 Å². The van der Waals surface area contributed by atoms with E-state index in [9.17, 15) is 0 Å². The molecule has 1 aromatic rings. The first-order valence-electron chi connectivity index (χ1n) is 3.13. The lowest BCUT2D eigenvalue weighted by molar-refractivity contribution is 0.359. The number of hydrogen-bond acceptors (Lipinski definition) is 2. The molecule has 0 saturated heterocycles. The van der Waals surface area contributed by atoms with Crippen LogP contribution in [0.5, 0.6) is 5.75 Å². The fourth-order valence-corrected chi connectivity index (χ4v) is 0.690. The molecule has 1 rings (SSSR count). The van der Waals surface area contributed by atoms with E-state index in [1.807, 2.05) is 7.05 Å². The van der Waals surface area contributed by atoms with Gasteiger partial charge in [-0.05, 0) is 0 Å². The lowest BCUT2D eigenvalue weighted by atomic mass is 10.6. The number of nitrogens with zero attached hydrogens (tertiary/aromatic N) is 2.